The number of hydrogen-bond acceptors (Lipinski definition) is 0. The predicted octanol–water partition coefficient (Wildman–Crippen LogP) is 4.92. The van der Waals surface area contributed by atoms with E-state index in [9.17, 15) is 4.39 Å². The third-order valence-corrected chi connectivity index (χ3v) is 2.26. The molecule has 1 atom stereocenters. The van der Waals surface area contributed by atoms with Gasteiger partial charge in [-0.05, 0) is 36.5 Å². The summed E-state index contributed by atoms with van der Waals surface area (Å²) in [5.41, 5.74) is 1.07. The molecule has 1 rings (SSSR count). The minimum Gasteiger partial charge on any atom is -0.207 e. The highest BCUT2D eigenvalue weighted by Gasteiger charge is 2.07. The average Bonchev–Trinajstić information content (AvgIpc) is 2.28. The highest BCUT2D eigenvalue weighted by Crippen LogP contribution is 2.23. The van der Waals surface area contributed by atoms with Crippen LogP contribution in [-0.4, -0.2) is 0 Å². The summed E-state index contributed by atoms with van der Waals surface area (Å²) in [4.78, 5) is 0. The summed E-state index contributed by atoms with van der Waals surface area (Å²) < 4.78 is 12.9. The first-order valence-electron chi connectivity index (χ1n) is 5.64. The van der Waals surface area contributed by atoms with E-state index in [1.54, 1.807) is 12.1 Å². The van der Waals surface area contributed by atoms with Gasteiger partial charge in [0.15, 0.2) is 0 Å². The third-order valence-electron chi connectivity index (χ3n) is 2.26. The molecule has 0 spiro atoms. The molecular formula is C14H21F. The Morgan fingerprint density at radius 2 is 2.07 bits per heavy atom. The fraction of sp³-hybridized carbons (Fsp3) is 0.429. The van der Waals surface area contributed by atoms with Crippen LogP contribution in [0.5, 0.6) is 0 Å². The van der Waals surface area contributed by atoms with E-state index in [0.29, 0.717) is 5.92 Å². The second-order valence-electron chi connectivity index (χ2n) is 3.18. The number of halogens is 1. The van der Waals surface area contributed by atoms with Crippen LogP contribution >= 0.6 is 0 Å². The summed E-state index contributed by atoms with van der Waals surface area (Å²) in [6, 6.07) is 6.82. The van der Waals surface area contributed by atoms with Gasteiger partial charge in [-0.15, -0.1) is 6.58 Å². The van der Waals surface area contributed by atoms with Crippen molar-refractivity contribution >= 4 is 0 Å². The Morgan fingerprint density at radius 3 is 2.53 bits per heavy atom. The van der Waals surface area contributed by atoms with Crippen LogP contribution in [0.3, 0.4) is 0 Å². The van der Waals surface area contributed by atoms with E-state index in [4.69, 9.17) is 0 Å². The normalized spacial score (nSPS) is 11.2. The van der Waals surface area contributed by atoms with Crippen molar-refractivity contribution in [3.05, 3.63) is 48.3 Å². The minimum atomic E-state index is -0.153. The maximum Gasteiger partial charge on any atom is 0.123 e. The van der Waals surface area contributed by atoms with Crippen LogP contribution in [0.2, 0.25) is 0 Å². The molecule has 15 heavy (non-hydrogen) atoms. The predicted molar refractivity (Wildman–Crippen MR) is 65.6 cm³/mol. The minimum absolute atomic E-state index is 0.153. The summed E-state index contributed by atoms with van der Waals surface area (Å²) in [5, 5.41) is 0. The fourth-order valence-corrected chi connectivity index (χ4v) is 1.50. The molecule has 84 valence electrons. The Hall–Kier alpha value is -1.11. The largest absolute Gasteiger partial charge is 0.207 e. The second-order valence-corrected chi connectivity index (χ2v) is 3.18. The molecule has 0 heterocycles. The molecule has 0 bridgehead atoms. The number of rotatable bonds is 4. The Balaban J connectivity index is 0.000000921. The molecule has 0 saturated heterocycles. The molecule has 1 unspecified atom stereocenters. The van der Waals surface area contributed by atoms with Crippen molar-refractivity contribution in [2.24, 2.45) is 0 Å². The summed E-state index contributed by atoms with van der Waals surface area (Å²) in [5.74, 6) is 0.258. The van der Waals surface area contributed by atoms with E-state index in [1.807, 2.05) is 26.0 Å². The molecule has 0 aliphatic carbocycles. The summed E-state index contributed by atoms with van der Waals surface area (Å²) in [7, 11) is 0. The van der Waals surface area contributed by atoms with Gasteiger partial charge >= 0.3 is 0 Å². The lowest BCUT2D eigenvalue weighted by Gasteiger charge is -2.12. The van der Waals surface area contributed by atoms with Gasteiger partial charge in [0, 0.05) is 0 Å². The molecular weight excluding hydrogens is 187 g/mol. The monoisotopic (exact) mass is 208 g/mol. The van der Waals surface area contributed by atoms with Gasteiger partial charge in [-0.1, -0.05) is 39.0 Å². The van der Waals surface area contributed by atoms with Crippen LogP contribution in [0.4, 0.5) is 4.39 Å². The van der Waals surface area contributed by atoms with Crippen molar-refractivity contribution < 1.29 is 4.39 Å². The summed E-state index contributed by atoms with van der Waals surface area (Å²) >= 11 is 0. The highest BCUT2D eigenvalue weighted by atomic mass is 19.1. The topological polar surface area (TPSA) is 0 Å². The zero-order valence-electron chi connectivity index (χ0n) is 9.96. The first kappa shape index (κ1) is 13.9. The van der Waals surface area contributed by atoms with Crippen molar-refractivity contribution in [1.82, 2.24) is 0 Å². The van der Waals surface area contributed by atoms with Crippen LogP contribution in [0.15, 0.2) is 36.9 Å². The van der Waals surface area contributed by atoms with Crippen LogP contribution in [0.25, 0.3) is 0 Å². The van der Waals surface area contributed by atoms with E-state index in [-0.39, 0.29) is 5.82 Å². The first-order chi connectivity index (χ1) is 7.27. The summed E-state index contributed by atoms with van der Waals surface area (Å²) in [6.07, 6.45) is 3.83. The molecule has 1 heteroatoms. The molecule has 0 amide bonds. The average molecular weight is 208 g/mol. The van der Waals surface area contributed by atoms with Gasteiger partial charge in [0.05, 0.1) is 0 Å². The van der Waals surface area contributed by atoms with Crippen molar-refractivity contribution in [2.45, 2.75) is 39.5 Å². The number of hydrogen-bond donors (Lipinski definition) is 0. The molecule has 0 nitrogen and oxygen atoms in total. The van der Waals surface area contributed by atoms with Crippen LogP contribution in [0.1, 0.15) is 45.1 Å². The zero-order valence-corrected chi connectivity index (χ0v) is 9.96. The maximum atomic E-state index is 12.9. The molecule has 1 aromatic rings. The lowest BCUT2D eigenvalue weighted by Crippen LogP contribution is -1.95. The van der Waals surface area contributed by atoms with Gasteiger partial charge in [0.2, 0.25) is 0 Å². The Morgan fingerprint density at radius 1 is 1.40 bits per heavy atom. The molecule has 0 aromatic heterocycles. The van der Waals surface area contributed by atoms with Crippen molar-refractivity contribution in [3.8, 4) is 0 Å². The molecule has 0 saturated carbocycles. The second kappa shape index (κ2) is 8.22. The van der Waals surface area contributed by atoms with Gasteiger partial charge in [0.1, 0.15) is 5.82 Å². The van der Waals surface area contributed by atoms with Gasteiger partial charge in [-0.2, -0.15) is 0 Å². The van der Waals surface area contributed by atoms with Crippen molar-refractivity contribution in [3.63, 3.8) is 0 Å². The molecule has 0 fully saturated rings. The van der Waals surface area contributed by atoms with Crippen LogP contribution in [0, 0.1) is 5.82 Å². The fourth-order valence-electron chi connectivity index (χ4n) is 1.50. The highest BCUT2D eigenvalue weighted by molar-refractivity contribution is 5.21. The number of allylic oxidation sites excluding steroid dienone is 1. The molecule has 0 aliphatic rings. The van der Waals surface area contributed by atoms with E-state index in [2.05, 4.69) is 13.5 Å². The lowest BCUT2D eigenvalue weighted by molar-refractivity contribution is 0.613. The molecule has 1 aromatic carbocycles. The Labute approximate surface area is 92.8 Å². The standard InChI is InChI=1S/C12H15F.C2H6/c1-3-6-10(4-2)11-7-5-8-12(13)9-11;1-2/h3,5,7-10H,1,4,6H2,2H3;1-2H3. The van der Waals surface area contributed by atoms with Gasteiger partial charge in [-0.25, -0.2) is 4.39 Å². The van der Waals surface area contributed by atoms with Crippen LogP contribution in [-0.2, 0) is 0 Å². The SMILES string of the molecule is C=CCC(CC)c1cccc(F)c1.CC. The summed E-state index contributed by atoms with van der Waals surface area (Å²) in [6.45, 7) is 9.81. The van der Waals surface area contributed by atoms with E-state index in [1.165, 1.54) is 6.07 Å². The van der Waals surface area contributed by atoms with Gasteiger partial charge < -0.3 is 0 Å². The zero-order chi connectivity index (χ0) is 11.7. The smallest absolute Gasteiger partial charge is 0.123 e. The van der Waals surface area contributed by atoms with E-state index < -0.39 is 0 Å². The Bertz CT molecular complexity index is 278. The van der Waals surface area contributed by atoms with Gasteiger partial charge in [-0.3, -0.25) is 0 Å². The maximum absolute atomic E-state index is 12.9. The first-order valence-corrected chi connectivity index (χ1v) is 5.64. The molecule has 0 aliphatic heterocycles. The van der Waals surface area contributed by atoms with Gasteiger partial charge in [0.25, 0.3) is 0 Å². The van der Waals surface area contributed by atoms with Crippen LogP contribution < -0.4 is 0 Å². The van der Waals surface area contributed by atoms with Crippen molar-refractivity contribution in [2.75, 3.05) is 0 Å². The molecule has 0 N–H and O–H groups in total. The Kier molecular flexibility index (Phi) is 7.61. The van der Waals surface area contributed by atoms with E-state index >= 15 is 0 Å². The number of benzene rings is 1. The quantitative estimate of drug-likeness (QED) is 0.616. The van der Waals surface area contributed by atoms with Crippen molar-refractivity contribution in [1.29, 1.82) is 0 Å². The van der Waals surface area contributed by atoms with E-state index in [0.717, 1.165) is 18.4 Å². The molecule has 0 radical (unpaired) electrons. The third kappa shape index (κ3) is 4.78. The lowest BCUT2D eigenvalue weighted by atomic mass is 9.93.